The maximum atomic E-state index is 2.63. The molecule has 0 fully saturated rings. The highest BCUT2D eigenvalue weighted by atomic mass is 127. The number of rotatable bonds is 2. The summed E-state index contributed by atoms with van der Waals surface area (Å²) < 4.78 is 0. The minimum absolute atomic E-state index is 0.750. The van der Waals surface area contributed by atoms with Crippen molar-refractivity contribution in [2.75, 3.05) is 0 Å². The van der Waals surface area contributed by atoms with Crippen LogP contribution in [0.5, 0.6) is 0 Å². The van der Waals surface area contributed by atoms with Gasteiger partial charge in [-0.3, -0.25) is 0 Å². The number of halogens is 1. The zero-order valence-electron chi connectivity index (χ0n) is 6.16. The monoisotopic (exact) mass is 242 g/mol. The van der Waals surface area contributed by atoms with Crippen molar-refractivity contribution >= 4 is 27.4 Å². The van der Waals surface area contributed by atoms with Gasteiger partial charge in [-0.05, 0) is 12.0 Å². The minimum atomic E-state index is -0.750. The molecule has 0 amide bonds. The van der Waals surface area contributed by atoms with Crippen LogP contribution in [-0.2, 0) is 0 Å². The van der Waals surface area contributed by atoms with E-state index in [1.54, 1.807) is 0 Å². The van der Waals surface area contributed by atoms with E-state index in [-0.39, 0.29) is 0 Å². The zero-order chi connectivity index (χ0) is 6.78. The van der Waals surface area contributed by atoms with E-state index >= 15 is 0 Å². The third kappa shape index (κ3) is 6.95. The lowest BCUT2D eigenvalue weighted by Crippen LogP contribution is -2.17. The van der Waals surface area contributed by atoms with Crippen LogP contribution in [-0.4, -0.2) is 5.57 Å². The zero-order valence-corrected chi connectivity index (χ0v) is 9.32. The van der Waals surface area contributed by atoms with Crippen molar-refractivity contribution < 1.29 is 0 Å². The normalized spacial score (nSPS) is 12.8. The number of hydrogen-bond donors (Lipinski definition) is 0. The fourth-order valence-electron chi connectivity index (χ4n) is 0.971. The van der Waals surface area contributed by atoms with Crippen molar-refractivity contribution in [1.82, 2.24) is 0 Å². The van der Waals surface area contributed by atoms with Crippen LogP contribution in [0.2, 0.25) is 19.1 Å². The molecule has 0 heterocycles. The van der Waals surface area contributed by atoms with Gasteiger partial charge in [0, 0.05) is 0 Å². The van der Waals surface area contributed by atoms with Crippen molar-refractivity contribution in [2.24, 2.45) is 5.92 Å². The third-order valence-corrected chi connectivity index (χ3v) is 4.00. The molecule has 0 aliphatic carbocycles. The maximum Gasteiger partial charge on any atom is 0.119 e. The van der Waals surface area contributed by atoms with E-state index < -0.39 is 5.57 Å². The second-order valence-electron chi connectivity index (χ2n) is 3.32. The number of hydrogen-bond acceptors (Lipinski definition) is 0. The van der Waals surface area contributed by atoms with Gasteiger partial charge in [0.25, 0.3) is 0 Å². The SMILES string of the molecule is CC(C)C[Si](C)(C)I. The minimum Gasteiger partial charge on any atom is -0.119 e. The Bertz CT molecular complexity index is 63.4. The molecule has 0 unspecified atom stereocenters. The highest BCUT2D eigenvalue weighted by Gasteiger charge is 2.16. The molecule has 8 heavy (non-hydrogen) atoms. The summed E-state index contributed by atoms with van der Waals surface area (Å²) in [6.45, 7) is 9.42. The van der Waals surface area contributed by atoms with Crippen LogP contribution in [0.1, 0.15) is 13.8 Å². The summed E-state index contributed by atoms with van der Waals surface area (Å²) in [7, 11) is 0. The summed E-state index contributed by atoms with van der Waals surface area (Å²) >= 11 is 2.63. The smallest absolute Gasteiger partial charge is 0.119 e. The molecule has 0 aromatic carbocycles. The average Bonchev–Trinajstić information content (AvgIpc) is 1.21. The van der Waals surface area contributed by atoms with Gasteiger partial charge in [-0.15, -0.1) is 21.8 Å². The topological polar surface area (TPSA) is 0 Å². The van der Waals surface area contributed by atoms with Crippen LogP contribution >= 0.6 is 21.8 Å². The first kappa shape index (κ1) is 8.95. The van der Waals surface area contributed by atoms with Gasteiger partial charge in [-0.1, -0.05) is 26.9 Å². The van der Waals surface area contributed by atoms with E-state index in [1.165, 1.54) is 6.04 Å². The fraction of sp³-hybridized carbons (Fsp3) is 1.00. The third-order valence-electron chi connectivity index (χ3n) is 0.894. The predicted molar refractivity (Wildman–Crippen MR) is 51.1 cm³/mol. The van der Waals surface area contributed by atoms with Gasteiger partial charge in [0.2, 0.25) is 0 Å². The second-order valence-corrected chi connectivity index (χ2v) is 15.9. The van der Waals surface area contributed by atoms with Gasteiger partial charge < -0.3 is 0 Å². The van der Waals surface area contributed by atoms with Crippen LogP contribution in [0.4, 0.5) is 0 Å². The Labute approximate surface area is 66.3 Å². The Morgan fingerprint density at radius 2 is 1.75 bits per heavy atom. The molecule has 0 aliphatic rings. The lowest BCUT2D eigenvalue weighted by molar-refractivity contribution is 0.726. The van der Waals surface area contributed by atoms with Gasteiger partial charge >= 0.3 is 0 Å². The lowest BCUT2D eigenvalue weighted by Gasteiger charge is -2.15. The van der Waals surface area contributed by atoms with E-state index in [0.717, 1.165) is 5.92 Å². The van der Waals surface area contributed by atoms with E-state index in [2.05, 4.69) is 48.7 Å². The molecule has 0 radical (unpaired) electrons. The summed E-state index contributed by atoms with van der Waals surface area (Å²) in [6, 6.07) is 1.45. The molecule has 0 saturated heterocycles. The summed E-state index contributed by atoms with van der Waals surface area (Å²) in [5, 5.41) is 0. The first-order valence-corrected chi connectivity index (χ1v) is 9.43. The molecule has 0 aromatic heterocycles. The summed E-state index contributed by atoms with van der Waals surface area (Å²) in [5.74, 6) is 0.897. The molecule has 50 valence electrons. The van der Waals surface area contributed by atoms with E-state index in [9.17, 15) is 0 Å². The summed E-state index contributed by atoms with van der Waals surface area (Å²) in [4.78, 5) is 0. The quantitative estimate of drug-likeness (QED) is 0.396. The van der Waals surface area contributed by atoms with Crippen molar-refractivity contribution in [3.05, 3.63) is 0 Å². The van der Waals surface area contributed by atoms with Crippen LogP contribution in [0.25, 0.3) is 0 Å². The van der Waals surface area contributed by atoms with Gasteiger partial charge in [-0.25, -0.2) is 0 Å². The Balaban J connectivity index is 3.39. The Morgan fingerprint density at radius 3 is 1.75 bits per heavy atom. The molecule has 0 aliphatic heterocycles. The van der Waals surface area contributed by atoms with Gasteiger partial charge in [0.15, 0.2) is 0 Å². The molecule has 2 heteroatoms. The summed E-state index contributed by atoms with van der Waals surface area (Å²) in [5.41, 5.74) is -0.750. The molecular weight excluding hydrogens is 227 g/mol. The maximum absolute atomic E-state index is 2.63. The van der Waals surface area contributed by atoms with Crippen molar-refractivity contribution in [3.63, 3.8) is 0 Å². The first-order valence-electron chi connectivity index (χ1n) is 3.11. The molecule has 0 spiro atoms. The van der Waals surface area contributed by atoms with E-state index in [1.807, 2.05) is 0 Å². The Morgan fingerprint density at radius 1 is 1.38 bits per heavy atom. The van der Waals surface area contributed by atoms with Crippen LogP contribution < -0.4 is 0 Å². The molecule has 0 atom stereocenters. The van der Waals surface area contributed by atoms with Gasteiger partial charge in [-0.2, -0.15) is 0 Å². The molecule has 0 rings (SSSR count). The molecule has 0 aromatic rings. The predicted octanol–water partition coefficient (Wildman–Crippen LogP) is 3.28. The Kier molecular flexibility index (Phi) is 3.58. The van der Waals surface area contributed by atoms with Crippen molar-refractivity contribution in [3.8, 4) is 0 Å². The molecule has 0 saturated carbocycles. The van der Waals surface area contributed by atoms with Crippen LogP contribution in [0, 0.1) is 5.92 Å². The molecule has 0 N–H and O–H groups in total. The van der Waals surface area contributed by atoms with Crippen molar-refractivity contribution in [1.29, 1.82) is 0 Å². The van der Waals surface area contributed by atoms with Crippen LogP contribution in [0.15, 0.2) is 0 Å². The fourth-order valence-corrected chi connectivity index (χ4v) is 5.55. The molecule has 0 nitrogen and oxygen atoms in total. The highest BCUT2D eigenvalue weighted by molar-refractivity contribution is 14.1. The first-order chi connectivity index (χ1) is 3.42. The van der Waals surface area contributed by atoms with Crippen molar-refractivity contribution in [2.45, 2.75) is 33.0 Å². The van der Waals surface area contributed by atoms with Gasteiger partial charge in [0.1, 0.15) is 5.57 Å². The Hall–Kier alpha value is 0.947. The average molecular weight is 242 g/mol. The second kappa shape index (κ2) is 3.20. The summed E-state index contributed by atoms with van der Waals surface area (Å²) in [6.07, 6.45) is 0. The molecular formula is C6H15ISi. The largest absolute Gasteiger partial charge is 0.119 e. The van der Waals surface area contributed by atoms with E-state index in [0.29, 0.717) is 0 Å². The van der Waals surface area contributed by atoms with Gasteiger partial charge in [0.05, 0.1) is 0 Å². The lowest BCUT2D eigenvalue weighted by atomic mass is 10.3. The standard InChI is InChI=1S/C6H15ISi/c1-6(2)5-8(3,4)7/h6H,5H2,1-4H3. The van der Waals surface area contributed by atoms with Crippen LogP contribution in [0.3, 0.4) is 0 Å². The van der Waals surface area contributed by atoms with E-state index in [4.69, 9.17) is 0 Å². The highest BCUT2D eigenvalue weighted by Crippen LogP contribution is 2.22. The molecule has 0 bridgehead atoms.